The van der Waals surface area contributed by atoms with Crippen molar-refractivity contribution in [2.75, 3.05) is 6.54 Å². The van der Waals surface area contributed by atoms with Crippen LogP contribution in [0.4, 0.5) is 4.39 Å². The summed E-state index contributed by atoms with van der Waals surface area (Å²) in [5.74, 6) is -0.332. The van der Waals surface area contributed by atoms with Gasteiger partial charge in [0.05, 0.1) is 17.2 Å². The predicted octanol–water partition coefficient (Wildman–Crippen LogP) is 1.94. The molecule has 0 unspecified atom stereocenters. The fourth-order valence-electron chi connectivity index (χ4n) is 1.61. The van der Waals surface area contributed by atoms with Gasteiger partial charge in [-0.15, -0.1) is 0 Å². The van der Waals surface area contributed by atoms with E-state index in [1.165, 1.54) is 12.3 Å². The lowest BCUT2D eigenvalue weighted by Crippen LogP contribution is -2.27. The highest BCUT2D eigenvalue weighted by atomic mass is 19.1. The molecule has 0 saturated carbocycles. The van der Waals surface area contributed by atoms with Gasteiger partial charge in [-0.2, -0.15) is 0 Å². The second-order valence-corrected chi connectivity index (χ2v) is 4.34. The first-order valence-electron chi connectivity index (χ1n) is 4.88. The molecular formula is C11H14FN3. The maximum Gasteiger partial charge on any atom is 0.143 e. The van der Waals surface area contributed by atoms with Crippen LogP contribution in [0.15, 0.2) is 18.5 Å². The van der Waals surface area contributed by atoms with Crippen molar-refractivity contribution in [3.63, 3.8) is 0 Å². The Hall–Kier alpha value is -1.42. The van der Waals surface area contributed by atoms with Crippen molar-refractivity contribution in [1.82, 2.24) is 9.97 Å². The first kappa shape index (κ1) is 10.1. The molecular weight excluding hydrogens is 193 g/mol. The van der Waals surface area contributed by atoms with Crippen LogP contribution in [0.1, 0.15) is 19.4 Å². The van der Waals surface area contributed by atoms with Crippen LogP contribution in [0.5, 0.6) is 0 Å². The molecule has 3 nitrogen and oxygen atoms in total. The molecule has 0 saturated heterocycles. The van der Waals surface area contributed by atoms with Crippen LogP contribution in [-0.4, -0.2) is 16.5 Å². The number of rotatable bonds is 2. The molecule has 0 atom stereocenters. The van der Waals surface area contributed by atoms with Gasteiger partial charge in [0.15, 0.2) is 0 Å². The van der Waals surface area contributed by atoms with E-state index in [2.05, 4.69) is 9.97 Å². The molecule has 0 radical (unpaired) electrons. The predicted molar refractivity (Wildman–Crippen MR) is 58.1 cm³/mol. The number of nitrogens with zero attached hydrogens (tertiary/aromatic N) is 1. The Kier molecular flexibility index (Phi) is 2.23. The lowest BCUT2D eigenvalue weighted by Gasteiger charge is -2.21. The van der Waals surface area contributed by atoms with Gasteiger partial charge < -0.3 is 10.7 Å². The van der Waals surface area contributed by atoms with Crippen LogP contribution < -0.4 is 5.73 Å². The van der Waals surface area contributed by atoms with Gasteiger partial charge >= 0.3 is 0 Å². The van der Waals surface area contributed by atoms with E-state index in [1.807, 2.05) is 20.0 Å². The summed E-state index contributed by atoms with van der Waals surface area (Å²) < 4.78 is 12.9. The van der Waals surface area contributed by atoms with Crippen LogP contribution in [0.2, 0.25) is 0 Å². The number of aromatic nitrogens is 2. The van der Waals surface area contributed by atoms with Crippen molar-refractivity contribution in [1.29, 1.82) is 0 Å². The highest BCUT2D eigenvalue weighted by molar-refractivity contribution is 5.79. The molecule has 0 fully saturated rings. The Morgan fingerprint density at radius 3 is 2.93 bits per heavy atom. The van der Waals surface area contributed by atoms with Crippen LogP contribution in [0, 0.1) is 5.82 Å². The highest BCUT2D eigenvalue weighted by Gasteiger charge is 2.23. The number of halogens is 1. The molecule has 0 aromatic carbocycles. The SMILES string of the molecule is CC(C)(CN)c1c[nH]c2cc(F)cnc12. The van der Waals surface area contributed by atoms with E-state index < -0.39 is 0 Å². The third-order valence-corrected chi connectivity index (χ3v) is 2.72. The molecule has 3 N–H and O–H groups in total. The zero-order chi connectivity index (χ0) is 11.1. The molecule has 0 aliphatic carbocycles. The number of nitrogens with one attached hydrogen (secondary N) is 1. The summed E-state index contributed by atoms with van der Waals surface area (Å²) in [6.07, 6.45) is 3.08. The van der Waals surface area contributed by atoms with Gasteiger partial charge in [0.2, 0.25) is 0 Å². The second-order valence-electron chi connectivity index (χ2n) is 4.34. The van der Waals surface area contributed by atoms with Gasteiger partial charge in [-0.3, -0.25) is 4.98 Å². The van der Waals surface area contributed by atoms with E-state index in [9.17, 15) is 4.39 Å². The fourth-order valence-corrected chi connectivity index (χ4v) is 1.61. The lowest BCUT2D eigenvalue weighted by atomic mass is 9.86. The first-order chi connectivity index (χ1) is 7.04. The smallest absolute Gasteiger partial charge is 0.143 e. The minimum atomic E-state index is -0.332. The van der Waals surface area contributed by atoms with Crippen molar-refractivity contribution in [3.8, 4) is 0 Å². The summed E-state index contributed by atoms with van der Waals surface area (Å²) in [5.41, 5.74) is 8.09. The highest BCUT2D eigenvalue weighted by Crippen LogP contribution is 2.28. The molecule has 2 heterocycles. The molecule has 15 heavy (non-hydrogen) atoms. The second kappa shape index (κ2) is 3.31. The van der Waals surface area contributed by atoms with E-state index in [0.29, 0.717) is 12.1 Å². The average Bonchev–Trinajstić information content (AvgIpc) is 2.61. The summed E-state index contributed by atoms with van der Waals surface area (Å²) in [6.45, 7) is 4.61. The number of H-pyrrole nitrogens is 1. The van der Waals surface area contributed by atoms with E-state index in [0.717, 1.165) is 11.1 Å². The molecule has 0 spiro atoms. The largest absolute Gasteiger partial charge is 0.359 e. The molecule has 80 valence electrons. The van der Waals surface area contributed by atoms with Crippen LogP contribution in [0.3, 0.4) is 0 Å². The lowest BCUT2D eigenvalue weighted by molar-refractivity contribution is 0.542. The van der Waals surface area contributed by atoms with Crippen LogP contribution in [0.25, 0.3) is 11.0 Å². The molecule has 2 aromatic rings. The average molecular weight is 207 g/mol. The number of nitrogens with two attached hydrogens (primary N) is 1. The monoisotopic (exact) mass is 207 g/mol. The number of aromatic amines is 1. The standard InChI is InChI=1S/C11H14FN3/c1-11(2,6-13)8-5-14-9-3-7(12)4-15-10(8)9/h3-5,14H,6,13H2,1-2H3. The third-order valence-electron chi connectivity index (χ3n) is 2.72. The van der Waals surface area contributed by atoms with E-state index in [-0.39, 0.29) is 11.2 Å². The Balaban J connectivity index is 2.64. The van der Waals surface area contributed by atoms with Crippen LogP contribution in [-0.2, 0) is 5.41 Å². The molecule has 2 rings (SSSR count). The number of pyridine rings is 1. The van der Waals surface area contributed by atoms with Gasteiger partial charge in [-0.25, -0.2) is 4.39 Å². The Morgan fingerprint density at radius 2 is 2.27 bits per heavy atom. The molecule has 0 aliphatic heterocycles. The van der Waals surface area contributed by atoms with E-state index in [1.54, 1.807) is 0 Å². The van der Waals surface area contributed by atoms with Crippen molar-refractivity contribution in [3.05, 3.63) is 29.8 Å². The zero-order valence-corrected chi connectivity index (χ0v) is 8.84. The number of hydrogen-bond donors (Lipinski definition) is 2. The maximum atomic E-state index is 12.9. The summed E-state index contributed by atoms with van der Waals surface area (Å²) in [4.78, 5) is 7.10. The fraction of sp³-hybridized carbons (Fsp3) is 0.364. The quantitative estimate of drug-likeness (QED) is 0.790. The van der Waals surface area contributed by atoms with Gasteiger partial charge in [-0.1, -0.05) is 13.8 Å². The Labute approximate surface area is 87.5 Å². The van der Waals surface area contributed by atoms with Crippen molar-refractivity contribution >= 4 is 11.0 Å². The van der Waals surface area contributed by atoms with Gasteiger partial charge in [0.1, 0.15) is 5.82 Å². The maximum absolute atomic E-state index is 12.9. The summed E-state index contributed by atoms with van der Waals surface area (Å²) in [5, 5.41) is 0. The summed E-state index contributed by atoms with van der Waals surface area (Å²) in [7, 11) is 0. The van der Waals surface area contributed by atoms with Crippen LogP contribution >= 0.6 is 0 Å². The molecule has 4 heteroatoms. The third kappa shape index (κ3) is 1.61. The number of fused-ring (bicyclic) bond motifs is 1. The Bertz CT molecular complexity index is 488. The Morgan fingerprint density at radius 1 is 1.53 bits per heavy atom. The van der Waals surface area contributed by atoms with Gasteiger partial charge in [0.25, 0.3) is 0 Å². The molecule has 0 amide bonds. The summed E-state index contributed by atoms with van der Waals surface area (Å²) in [6, 6.07) is 1.44. The number of hydrogen-bond acceptors (Lipinski definition) is 2. The zero-order valence-electron chi connectivity index (χ0n) is 8.84. The minimum Gasteiger partial charge on any atom is -0.359 e. The topological polar surface area (TPSA) is 54.7 Å². The normalized spacial score (nSPS) is 12.3. The minimum absolute atomic E-state index is 0.150. The van der Waals surface area contributed by atoms with Crippen molar-refractivity contribution in [2.45, 2.75) is 19.3 Å². The van der Waals surface area contributed by atoms with E-state index >= 15 is 0 Å². The summed E-state index contributed by atoms with van der Waals surface area (Å²) >= 11 is 0. The molecule has 2 aromatic heterocycles. The molecule has 0 bridgehead atoms. The molecule has 0 aliphatic rings. The van der Waals surface area contributed by atoms with Crippen molar-refractivity contribution in [2.24, 2.45) is 5.73 Å². The van der Waals surface area contributed by atoms with E-state index in [4.69, 9.17) is 5.73 Å². The van der Waals surface area contributed by atoms with Gasteiger partial charge in [0, 0.05) is 29.8 Å². The van der Waals surface area contributed by atoms with Gasteiger partial charge in [-0.05, 0) is 0 Å². The first-order valence-corrected chi connectivity index (χ1v) is 4.88. The van der Waals surface area contributed by atoms with Crippen molar-refractivity contribution < 1.29 is 4.39 Å².